The lowest BCUT2D eigenvalue weighted by Gasteiger charge is -2.21. The molecule has 0 amide bonds. The molecule has 0 saturated heterocycles. The molecule has 0 rings (SSSR count). The summed E-state index contributed by atoms with van der Waals surface area (Å²) < 4.78 is 68.2. The highest BCUT2D eigenvalue weighted by Gasteiger charge is 2.30. The van der Waals surface area contributed by atoms with Gasteiger partial charge in [-0.2, -0.15) is 0 Å². The zero-order chi connectivity index (χ0) is 66.8. The van der Waals surface area contributed by atoms with Crippen molar-refractivity contribution in [1.82, 2.24) is 0 Å². The van der Waals surface area contributed by atoms with Crippen LogP contribution >= 0.6 is 15.6 Å². The maximum absolute atomic E-state index is 13.0. The first kappa shape index (κ1) is 89.1. The molecule has 0 heterocycles. The van der Waals surface area contributed by atoms with Crippen molar-refractivity contribution in [1.29, 1.82) is 0 Å². The zero-order valence-corrected chi connectivity index (χ0v) is 60.6. The summed E-state index contributed by atoms with van der Waals surface area (Å²) in [4.78, 5) is 72.4. The Morgan fingerprint density at radius 3 is 0.648 bits per heavy atom. The molecule has 0 aliphatic rings. The van der Waals surface area contributed by atoms with Gasteiger partial charge in [-0.25, -0.2) is 9.13 Å². The predicted octanol–water partition coefficient (Wildman–Crippen LogP) is 21.1. The molecule has 2 unspecified atom stereocenters. The summed E-state index contributed by atoms with van der Waals surface area (Å²) in [5.74, 6) is -2.12. The lowest BCUT2D eigenvalue weighted by Crippen LogP contribution is -2.30. The molecule has 0 aromatic heterocycles. The van der Waals surface area contributed by atoms with Gasteiger partial charge < -0.3 is 33.8 Å². The quantitative estimate of drug-likeness (QED) is 0.0222. The van der Waals surface area contributed by atoms with Crippen molar-refractivity contribution in [3.8, 4) is 0 Å². The third-order valence-corrected chi connectivity index (χ3v) is 18.8. The smallest absolute Gasteiger partial charge is 0.462 e. The van der Waals surface area contributed by atoms with Crippen LogP contribution in [0.3, 0.4) is 0 Å². The molecule has 540 valence electrons. The predicted molar refractivity (Wildman–Crippen MR) is 368 cm³/mol. The van der Waals surface area contributed by atoms with E-state index < -0.39 is 97.5 Å². The molecule has 3 N–H and O–H groups in total. The van der Waals surface area contributed by atoms with Crippen LogP contribution in [0, 0.1) is 0 Å². The molecule has 17 nitrogen and oxygen atoms in total. The van der Waals surface area contributed by atoms with E-state index in [-0.39, 0.29) is 25.7 Å². The van der Waals surface area contributed by atoms with E-state index in [9.17, 15) is 43.2 Å². The van der Waals surface area contributed by atoms with Crippen LogP contribution in [0.1, 0.15) is 381 Å². The third kappa shape index (κ3) is 66.5. The topological polar surface area (TPSA) is 237 Å². The molecule has 0 spiro atoms. The van der Waals surface area contributed by atoms with Gasteiger partial charge >= 0.3 is 39.5 Å². The van der Waals surface area contributed by atoms with Gasteiger partial charge in [0.2, 0.25) is 0 Å². The summed E-state index contributed by atoms with van der Waals surface area (Å²) in [7, 11) is -9.89. The highest BCUT2D eigenvalue weighted by molar-refractivity contribution is 7.47. The highest BCUT2D eigenvalue weighted by Crippen LogP contribution is 2.45. The van der Waals surface area contributed by atoms with Gasteiger partial charge in [0.25, 0.3) is 0 Å². The van der Waals surface area contributed by atoms with E-state index in [1.54, 1.807) is 0 Å². The fourth-order valence-corrected chi connectivity index (χ4v) is 12.6. The van der Waals surface area contributed by atoms with Crippen molar-refractivity contribution in [3.63, 3.8) is 0 Å². The van der Waals surface area contributed by atoms with Crippen LogP contribution in [0.2, 0.25) is 0 Å². The number of rotatable bonds is 73. The first-order valence-electron chi connectivity index (χ1n) is 37.8. The minimum atomic E-state index is -4.95. The Kier molecular flexibility index (Phi) is 65.2. The molecule has 0 aromatic carbocycles. The number of ether oxygens (including phenoxy) is 4. The number of phosphoric ester groups is 2. The first-order chi connectivity index (χ1) is 44.2. The minimum absolute atomic E-state index is 0.107. The van der Waals surface area contributed by atoms with Gasteiger partial charge in [-0.1, -0.05) is 329 Å². The third-order valence-electron chi connectivity index (χ3n) is 16.9. The average Bonchev–Trinajstić information content (AvgIpc) is 3.47. The normalized spacial score (nSPS) is 14.0. The Morgan fingerprint density at radius 1 is 0.264 bits per heavy atom. The number of hydrogen-bond acceptors (Lipinski definition) is 15. The van der Waals surface area contributed by atoms with Crippen LogP contribution in [-0.4, -0.2) is 96.7 Å². The summed E-state index contributed by atoms with van der Waals surface area (Å²) in [6.07, 6.45) is 55.6. The van der Waals surface area contributed by atoms with Crippen LogP contribution in [0.25, 0.3) is 0 Å². The van der Waals surface area contributed by atoms with Gasteiger partial charge in [0.15, 0.2) is 12.2 Å². The van der Waals surface area contributed by atoms with Crippen LogP contribution < -0.4 is 0 Å². The lowest BCUT2D eigenvalue weighted by atomic mass is 10.0. The number of unbranched alkanes of at least 4 members (excludes halogenated alkanes) is 47. The second-order valence-corrected chi connectivity index (χ2v) is 28.9. The second-order valence-electron chi connectivity index (χ2n) is 26.0. The molecule has 19 heteroatoms. The molecule has 5 atom stereocenters. The molecular formula is C72H140O17P2. The number of phosphoric acid groups is 2. The Balaban J connectivity index is 5.17. The van der Waals surface area contributed by atoms with Crippen molar-refractivity contribution in [3.05, 3.63) is 0 Å². The molecule has 0 fully saturated rings. The van der Waals surface area contributed by atoms with Crippen LogP contribution in [0.15, 0.2) is 0 Å². The molecule has 0 aromatic rings. The van der Waals surface area contributed by atoms with E-state index in [0.717, 1.165) is 103 Å². The Morgan fingerprint density at radius 2 is 0.440 bits per heavy atom. The number of aliphatic hydroxyl groups is 1. The zero-order valence-electron chi connectivity index (χ0n) is 58.8. The largest absolute Gasteiger partial charge is 0.472 e. The monoisotopic (exact) mass is 1340 g/mol. The molecular weight excluding hydrogens is 1200 g/mol. The number of hydrogen-bond donors (Lipinski definition) is 3. The molecule has 0 bridgehead atoms. The van der Waals surface area contributed by atoms with E-state index in [1.807, 2.05) is 0 Å². The van der Waals surface area contributed by atoms with Crippen molar-refractivity contribution >= 4 is 39.5 Å². The second kappa shape index (κ2) is 66.7. The highest BCUT2D eigenvalue weighted by atomic mass is 31.2. The van der Waals surface area contributed by atoms with Gasteiger partial charge in [-0.15, -0.1) is 0 Å². The summed E-state index contributed by atoms with van der Waals surface area (Å²) in [6, 6.07) is 0. The summed E-state index contributed by atoms with van der Waals surface area (Å²) in [6.45, 7) is 4.91. The fraction of sp³-hybridized carbons (Fsp3) is 0.944. The number of carbonyl (C=O) groups is 4. The van der Waals surface area contributed by atoms with E-state index in [0.29, 0.717) is 25.7 Å². The molecule has 0 saturated carbocycles. The van der Waals surface area contributed by atoms with E-state index in [4.69, 9.17) is 37.0 Å². The fourth-order valence-electron chi connectivity index (χ4n) is 11.0. The van der Waals surface area contributed by atoms with E-state index in [2.05, 4.69) is 27.7 Å². The van der Waals surface area contributed by atoms with Gasteiger partial charge in [0.05, 0.1) is 26.4 Å². The Labute approximate surface area is 556 Å². The van der Waals surface area contributed by atoms with Gasteiger partial charge in [-0.3, -0.25) is 37.3 Å². The van der Waals surface area contributed by atoms with Crippen molar-refractivity contribution in [2.24, 2.45) is 0 Å². The summed E-state index contributed by atoms with van der Waals surface area (Å²) >= 11 is 0. The minimum Gasteiger partial charge on any atom is -0.462 e. The standard InChI is InChI=1S/C72H140O17P2/c1-5-9-13-17-21-24-27-29-31-32-33-34-36-38-40-43-47-51-55-59-72(77)89-68(63-83-70(75)57-53-49-45-42-39-37-35-30-28-25-22-18-14-10-6-2)65-87-91(80,81)85-61-66(73)60-84-90(78,79)86-64-67(62-82-69(74)56-52-48-44-20-16-12-8-4)88-71(76)58-54-50-46-41-26-23-19-15-11-7-3/h66-68,73H,5-65H2,1-4H3,(H,78,79)(H,80,81)/t66-,67+,68+/m0/s1. The average molecular weight is 1340 g/mol. The Hall–Kier alpha value is -1.94. The Bertz CT molecular complexity index is 1740. The maximum Gasteiger partial charge on any atom is 0.472 e. The maximum atomic E-state index is 13.0. The molecule has 0 radical (unpaired) electrons. The van der Waals surface area contributed by atoms with Crippen molar-refractivity contribution in [2.75, 3.05) is 39.6 Å². The van der Waals surface area contributed by atoms with E-state index in [1.165, 1.54) is 199 Å². The lowest BCUT2D eigenvalue weighted by molar-refractivity contribution is -0.161. The number of carbonyl (C=O) groups excluding carboxylic acids is 4. The van der Waals surface area contributed by atoms with Gasteiger partial charge in [0, 0.05) is 25.7 Å². The summed E-state index contributed by atoms with van der Waals surface area (Å²) in [5.41, 5.74) is 0. The van der Waals surface area contributed by atoms with Gasteiger partial charge in [0.1, 0.15) is 19.3 Å². The SMILES string of the molecule is CCCCCCCCCCCCCCCCCCCCCC(=O)O[C@H](COC(=O)CCCCCCCCCCCCCCCCC)COP(=O)(O)OC[C@@H](O)COP(=O)(O)OC[C@@H](COC(=O)CCCCCCCCC)OC(=O)CCCCCCCCCCCC. The molecule has 0 aliphatic carbocycles. The number of esters is 4. The van der Waals surface area contributed by atoms with Gasteiger partial charge in [-0.05, 0) is 25.7 Å². The van der Waals surface area contributed by atoms with Crippen LogP contribution in [0.5, 0.6) is 0 Å². The molecule has 0 aliphatic heterocycles. The van der Waals surface area contributed by atoms with Crippen molar-refractivity contribution < 1.29 is 80.2 Å². The summed E-state index contributed by atoms with van der Waals surface area (Å²) in [5, 5.41) is 10.6. The van der Waals surface area contributed by atoms with Crippen LogP contribution in [0.4, 0.5) is 0 Å². The van der Waals surface area contributed by atoms with E-state index >= 15 is 0 Å². The van der Waals surface area contributed by atoms with Crippen molar-refractivity contribution in [2.45, 2.75) is 399 Å². The first-order valence-corrected chi connectivity index (χ1v) is 40.8. The van der Waals surface area contributed by atoms with Crippen LogP contribution in [-0.2, 0) is 65.4 Å². The number of aliphatic hydroxyl groups excluding tert-OH is 1. The molecule has 91 heavy (non-hydrogen) atoms.